The third-order valence-electron chi connectivity index (χ3n) is 5.13. The number of nitrogens with zero attached hydrogens (tertiary/aromatic N) is 3. The van der Waals surface area contributed by atoms with Gasteiger partial charge in [-0.05, 0) is 24.1 Å². The Hall–Kier alpha value is -1.38. The molecule has 1 aliphatic rings. The lowest BCUT2D eigenvalue weighted by molar-refractivity contribution is 0.0948. The van der Waals surface area contributed by atoms with Crippen LogP contribution in [0.1, 0.15) is 22.8 Å². The van der Waals surface area contributed by atoms with Crippen molar-refractivity contribution in [3.63, 3.8) is 0 Å². The number of aryl methyl sites for hydroxylation is 1. The molecule has 0 saturated carbocycles. The van der Waals surface area contributed by atoms with Crippen LogP contribution in [0.4, 0.5) is 5.13 Å². The lowest BCUT2D eigenvalue weighted by atomic mass is 10.1. The van der Waals surface area contributed by atoms with E-state index in [-0.39, 0.29) is 5.91 Å². The summed E-state index contributed by atoms with van der Waals surface area (Å²) in [5.41, 5.74) is 2.91. The van der Waals surface area contributed by atoms with Gasteiger partial charge in [0, 0.05) is 39.3 Å². The molecule has 0 aliphatic carbocycles. The molecule has 1 amide bonds. The minimum absolute atomic E-state index is 0.169. The number of carbonyl (C=O) groups excluding carboxylic acids is 1. The molecule has 29 heavy (non-hydrogen) atoms. The van der Waals surface area contributed by atoms with Crippen LogP contribution in [0.15, 0.2) is 24.3 Å². The van der Waals surface area contributed by atoms with E-state index in [0.29, 0.717) is 20.8 Å². The second kappa shape index (κ2) is 9.18. The zero-order chi connectivity index (χ0) is 20.4. The molecule has 0 radical (unpaired) electrons. The largest absolute Gasteiger partial charge is 0.351 e. The topological polar surface area (TPSA) is 48.5 Å². The van der Waals surface area contributed by atoms with Gasteiger partial charge in [0.25, 0.3) is 5.91 Å². The van der Waals surface area contributed by atoms with Gasteiger partial charge in [-0.2, -0.15) is 0 Å². The average molecular weight is 469 g/mol. The zero-order valence-electron chi connectivity index (χ0n) is 16.1. The van der Waals surface area contributed by atoms with Crippen LogP contribution in [0.5, 0.6) is 0 Å². The number of hydrogen-bond acceptors (Lipinski definition) is 6. The Kier molecular flexibility index (Phi) is 6.61. The fraction of sp³-hybridized carbons (Fsp3) is 0.400. The van der Waals surface area contributed by atoms with Crippen molar-refractivity contribution in [2.24, 2.45) is 0 Å². The highest BCUT2D eigenvalue weighted by Crippen LogP contribution is 2.32. The molecule has 1 saturated heterocycles. The van der Waals surface area contributed by atoms with E-state index in [4.69, 9.17) is 28.2 Å². The van der Waals surface area contributed by atoms with E-state index in [1.165, 1.54) is 21.6 Å². The molecule has 3 aromatic rings. The first kappa shape index (κ1) is 20.9. The number of thiophene rings is 1. The standard InChI is InChI=1S/C20H22Cl2N4OS2/c1-2-13-4-3-5-15-17(13)24-20(28-15)26-10-8-25(9-11-26)7-6-23-19(27)14-12-16(21)29-18(14)22/h3-5,12H,2,6-11H2,1H3,(H,23,27). The summed E-state index contributed by atoms with van der Waals surface area (Å²) >= 11 is 14.9. The van der Waals surface area contributed by atoms with E-state index in [1.807, 2.05) is 0 Å². The number of halogens is 2. The van der Waals surface area contributed by atoms with Crippen LogP contribution >= 0.6 is 45.9 Å². The van der Waals surface area contributed by atoms with Crippen molar-refractivity contribution in [2.75, 3.05) is 44.2 Å². The van der Waals surface area contributed by atoms with Crippen molar-refractivity contribution < 1.29 is 4.79 Å². The number of piperazine rings is 1. The third kappa shape index (κ3) is 4.70. The summed E-state index contributed by atoms with van der Waals surface area (Å²) in [6.45, 7) is 7.38. The summed E-state index contributed by atoms with van der Waals surface area (Å²) in [6, 6.07) is 8.05. The first-order valence-corrected chi connectivity index (χ1v) is 12.0. The molecule has 4 rings (SSSR count). The van der Waals surface area contributed by atoms with Gasteiger partial charge in [0.05, 0.1) is 20.1 Å². The molecule has 5 nitrogen and oxygen atoms in total. The number of fused-ring (bicyclic) bond motifs is 1. The number of para-hydroxylation sites is 1. The number of nitrogens with one attached hydrogen (secondary N) is 1. The maximum Gasteiger partial charge on any atom is 0.253 e. The van der Waals surface area contributed by atoms with E-state index in [1.54, 1.807) is 17.4 Å². The van der Waals surface area contributed by atoms with Gasteiger partial charge < -0.3 is 10.2 Å². The Morgan fingerprint density at radius 1 is 1.21 bits per heavy atom. The minimum Gasteiger partial charge on any atom is -0.351 e. The van der Waals surface area contributed by atoms with Crippen LogP contribution in [0.2, 0.25) is 8.67 Å². The Morgan fingerprint density at radius 2 is 2.00 bits per heavy atom. The molecule has 1 aromatic carbocycles. The highest BCUT2D eigenvalue weighted by atomic mass is 35.5. The average Bonchev–Trinajstić information content (AvgIpc) is 3.30. The lowest BCUT2D eigenvalue weighted by Crippen LogP contribution is -2.48. The monoisotopic (exact) mass is 468 g/mol. The molecule has 154 valence electrons. The van der Waals surface area contributed by atoms with Crippen molar-refractivity contribution >= 4 is 67.1 Å². The van der Waals surface area contributed by atoms with Crippen LogP contribution in [-0.4, -0.2) is 55.1 Å². The predicted molar refractivity (Wildman–Crippen MR) is 124 cm³/mol. The fourth-order valence-electron chi connectivity index (χ4n) is 3.50. The molecular weight excluding hydrogens is 447 g/mol. The maximum absolute atomic E-state index is 12.2. The minimum atomic E-state index is -0.169. The molecule has 9 heteroatoms. The second-order valence-electron chi connectivity index (χ2n) is 6.94. The molecule has 3 heterocycles. The van der Waals surface area contributed by atoms with E-state index >= 15 is 0 Å². The van der Waals surface area contributed by atoms with Gasteiger partial charge in [-0.1, -0.05) is 53.6 Å². The van der Waals surface area contributed by atoms with Crippen molar-refractivity contribution in [3.05, 3.63) is 44.1 Å². The molecule has 0 bridgehead atoms. The number of thiazole rings is 1. The van der Waals surface area contributed by atoms with Crippen LogP contribution in [0, 0.1) is 0 Å². The van der Waals surface area contributed by atoms with Gasteiger partial charge in [-0.25, -0.2) is 4.98 Å². The Labute approximate surface area is 188 Å². The van der Waals surface area contributed by atoms with Crippen molar-refractivity contribution in [1.82, 2.24) is 15.2 Å². The third-order valence-corrected chi connectivity index (χ3v) is 7.70. The number of hydrogen-bond donors (Lipinski definition) is 1. The van der Waals surface area contributed by atoms with Crippen molar-refractivity contribution in [3.8, 4) is 0 Å². The number of amides is 1. The quantitative estimate of drug-likeness (QED) is 0.565. The van der Waals surface area contributed by atoms with Crippen LogP contribution in [0.3, 0.4) is 0 Å². The number of carbonyl (C=O) groups is 1. The molecule has 2 aromatic heterocycles. The van der Waals surface area contributed by atoms with Gasteiger partial charge in [-0.3, -0.25) is 9.69 Å². The first-order chi connectivity index (χ1) is 14.0. The summed E-state index contributed by atoms with van der Waals surface area (Å²) in [6.07, 6.45) is 1.00. The maximum atomic E-state index is 12.2. The SMILES string of the molecule is CCc1cccc2sc(N3CCN(CCNC(=O)c4cc(Cl)sc4Cl)CC3)nc12. The van der Waals surface area contributed by atoms with Gasteiger partial charge in [0.1, 0.15) is 4.34 Å². The summed E-state index contributed by atoms with van der Waals surface area (Å²) in [4.78, 5) is 21.9. The van der Waals surface area contributed by atoms with Crippen LogP contribution < -0.4 is 10.2 Å². The molecule has 0 atom stereocenters. The van der Waals surface area contributed by atoms with E-state index in [0.717, 1.165) is 49.8 Å². The van der Waals surface area contributed by atoms with Crippen molar-refractivity contribution in [2.45, 2.75) is 13.3 Å². The molecule has 0 unspecified atom stereocenters. The summed E-state index contributed by atoms with van der Waals surface area (Å²) in [5, 5.41) is 4.04. The number of rotatable bonds is 6. The number of benzene rings is 1. The van der Waals surface area contributed by atoms with Gasteiger partial charge in [0.15, 0.2) is 5.13 Å². The summed E-state index contributed by atoms with van der Waals surface area (Å²) < 4.78 is 2.22. The van der Waals surface area contributed by atoms with E-state index < -0.39 is 0 Å². The Bertz CT molecular complexity index is 1010. The summed E-state index contributed by atoms with van der Waals surface area (Å²) in [5.74, 6) is -0.169. The van der Waals surface area contributed by atoms with Crippen LogP contribution in [0.25, 0.3) is 10.2 Å². The molecule has 1 N–H and O–H groups in total. The number of anilines is 1. The molecule has 0 spiro atoms. The van der Waals surface area contributed by atoms with Gasteiger partial charge in [0.2, 0.25) is 0 Å². The van der Waals surface area contributed by atoms with Crippen LogP contribution in [-0.2, 0) is 6.42 Å². The smallest absolute Gasteiger partial charge is 0.253 e. The molecule has 1 aliphatic heterocycles. The first-order valence-electron chi connectivity index (χ1n) is 9.64. The zero-order valence-corrected chi connectivity index (χ0v) is 19.2. The van der Waals surface area contributed by atoms with Crippen molar-refractivity contribution in [1.29, 1.82) is 0 Å². The lowest BCUT2D eigenvalue weighted by Gasteiger charge is -2.34. The second-order valence-corrected chi connectivity index (χ2v) is 10.2. The predicted octanol–water partition coefficient (Wildman–Crippen LogP) is 4.78. The Morgan fingerprint density at radius 3 is 2.69 bits per heavy atom. The molecular formula is C20H22Cl2N4OS2. The highest BCUT2D eigenvalue weighted by Gasteiger charge is 2.21. The van der Waals surface area contributed by atoms with Gasteiger partial charge in [-0.15, -0.1) is 11.3 Å². The highest BCUT2D eigenvalue weighted by molar-refractivity contribution is 7.22. The van der Waals surface area contributed by atoms with E-state index in [9.17, 15) is 4.79 Å². The molecule has 1 fully saturated rings. The number of aromatic nitrogens is 1. The Balaban J connectivity index is 1.27. The van der Waals surface area contributed by atoms with E-state index in [2.05, 4.69) is 40.2 Å². The normalized spacial score (nSPS) is 15.2. The fourth-order valence-corrected chi connectivity index (χ4v) is 6.02. The van der Waals surface area contributed by atoms with Gasteiger partial charge >= 0.3 is 0 Å². The summed E-state index contributed by atoms with van der Waals surface area (Å²) in [7, 11) is 0.